The SMILES string of the molecule is C/N=C\C1=C(NCC(C)C)CCCCN1. The van der Waals surface area contributed by atoms with E-state index in [2.05, 4.69) is 29.5 Å². The molecule has 0 aromatic heterocycles. The molecule has 0 bridgehead atoms. The van der Waals surface area contributed by atoms with Gasteiger partial charge in [-0.05, 0) is 25.2 Å². The van der Waals surface area contributed by atoms with Gasteiger partial charge in [0.05, 0.1) is 5.70 Å². The number of nitrogens with zero attached hydrogens (tertiary/aromatic N) is 1. The molecule has 15 heavy (non-hydrogen) atoms. The maximum Gasteiger partial charge on any atom is 0.0714 e. The van der Waals surface area contributed by atoms with Crippen LogP contribution in [0.2, 0.25) is 0 Å². The molecule has 0 aromatic rings. The third kappa shape index (κ3) is 4.36. The summed E-state index contributed by atoms with van der Waals surface area (Å²) in [5.74, 6) is 0.681. The van der Waals surface area contributed by atoms with Crippen molar-refractivity contribution in [2.45, 2.75) is 33.1 Å². The molecule has 1 aliphatic heterocycles. The van der Waals surface area contributed by atoms with Gasteiger partial charge in [-0.25, -0.2) is 0 Å². The first-order chi connectivity index (χ1) is 7.24. The van der Waals surface area contributed by atoms with Crippen LogP contribution in [0.25, 0.3) is 0 Å². The predicted molar refractivity (Wildman–Crippen MR) is 66.1 cm³/mol. The largest absolute Gasteiger partial charge is 0.386 e. The molecular weight excluding hydrogens is 186 g/mol. The van der Waals surface area contributed by atoms with Gasteiger partial charge >= 0.3 is 0 Å². The normalized spacial score (nSPS) is 18.1. The molecule has 0 aliphatic carbocycles. The maximum atomic E-state index is 4.09. The number of hydrogen-bond acceptors (Lipinski definition) is 3. The van der Waals surface area contributed by atoms with Crippen molar-refractivity contribution in [3.05, 3.63) is 11.4 Å². The Morgan fingerprint density at radius 1 is 1.47 bits per heavy atom. The van der Waals surface area contributed by atoms with E-state index >= 15 is 0 Å². The van der Waals surface area contributed by atoms with Gasteiger partial charge in [-0.2, -0.15) is 0 Å². The number of aliphatic imine (C=N–C) groups is 1. The van der Waals surface area contributed by atoms with Crippen LogP contribution in [0, 0.1) is 5.92 Å². The summed E-state index contributed by atoms with van der Waals surface area (Å²) >= 11 is 0. The number of nitrogens with one attached hydrogen (secondary N) is 2. The van der Waals surface area contributed by atoms with Crippen LogP contribution in [-0.2, 0) is 0 Å². The van der Waals surface area contributed by atoms with Crippen LogP contribution in [0.15, 0.2) is 16.4 Å². The van der Waals surface area contributed by atoms with Crippen molar-refractivity contribution in [2.24, 2.45) is 10.9 Å². The van der Waals surface area contributed by atoms with E-state index in [1.807, 2.05) is 13.3 Å². The molecule has 0 amide bonds. The molecule has 0 saturated carbocycles. The molecule has 3 heteroatoms. The van der Waals surface area contributed by atoms with E-state index in [0.717, 1.165) is 19.5 Å². The Kier molecular flexibility index (Phi) is 5.22. The zero-order valence-electron chi connectivity index (χ0n) is 10.1. The molecule has 0 fully saturated rings. The van der Waals surface area contributed by atoms with Gasteiger partial charge in [0, 0.05) is 32.0 Å². The first-order valence-corrected chi connectivity index (χ1v) is 5.87. The second-order valence-corrected chi connectivity index (χ2v) is 4.44. The predicted octanol–water partition coefficient (Wildman–Crippen LogP) is 1.92. The van der Waals surface area contributed by atoms with E-state index in [0.29, 0.717) is 5.92 Å². The van der Waals surface area contributed by atoms with Gasteiger partial charge in [-0.3, -0.25) is 4.99 Å². The highest BCUT2D eigenvalue weighted by Gasteiger charge is 2.09. The lowest BCUT2D eigenvalue weighted by Gasteiger charge is -2.14. The fourth-order valence-electron chi connectivity index (χ4n) is 1.65. The second-order valence-electron chi connectivity index (χ2n) is 4.44. The van der Waals surface area contributed by atoms with Crippen molar-refractivity contribution >= 4 is 6.21 Å². The van der Waals surface area contributed by atoms with E-state index < -0.39 is 0 Å². The molecule has 1 aliphatic rings. The molecule has 0 spiro atoms. The second kappa shape index (κ2) is 6.49. The molecule has 0 atom stereocenters. The molecule has 0 radical (unpaired) electrons. The summed E-state index contributed by atoms with van der Waals surface area (Å²) < 4.78 is 0. The van der Waals surface area contributed by atoms with Crippen LogP contribution in [0.3, 0.4) is 0 Å². The summed E-state index contributed by atoms with van der Waals surface area (Å²) in [5, 5.41) is 6.95. The molecule has 1 heterocycles. The van der Waals surface area contributed by atoms with E-state index in [1.165, 1.54) is 24.2 Å². The first-order valence-electron chi connectivity index (χ1n) is 5.87. The van der Waals surface area contributed by atoms with Crippen LogP contribution in [-0.4, -0.2) is 26.4 Å². The molecule has 2 N–H and O–H groups in total. The van der Waals surface area contributed by atoms with Gasteiger partial charge in [0.15, 0.2) is 0 Å². The van der Waals surface area contributed by atoms with E-state index in [4.69, 9.17) is 0 Å². The van der Waals surface area contributed by atoms with Gasteiger partial charge in [0.1, 0.15) is 0 Å². The Morgan fingerprint density at radius 2 is 2.27 bits per heavy atom. The molecular formula is C12H23N3. The Labute approximate surface area is 93.1 Å². The fraction of sp³-hybridized carbons (Fsp3) is 0.750. The lowest BCUT2D eigenvalue weighted by molar-refractivity contribution is 0.579. The van der Waals surface area contributed by atoms with Crippen molar-refractivity contribution in [1.29, 1.82) is 0 Å². The van der Waals surface area contributed by atoms with Gasteiger partial charge < -0.3 is 10.6 Å². The molecule has 0 unspecified atom stereocenters. The minimum Gasteiger partial charge on any atom is -0.386 e. The highest BCUT2D eigenvalue weighted by atomic mass is 15.0. The summed E-state index contributed by atoms with van der Waals surface area (Å²) in [6, 6.07) is 0. The minimum absolute atomic E-state index is 0.681. The third-order valence-corrected chi connectivity index (χ3v) is 2.48. The van der Waals surface area contributed by atoms with E-state index in [1.54, 1.807) is 0 Å². The number of hydrogen-bond donors (Lipinski definition) is 2. The molecule has 3 nitrogen and oxygen atoms in total. The van der Waals surface area contributed by atoms with Gasteiger partial charge in [-0.15, -0.1) is 0 Å². The Bertz CT molecular complexity index is 241. The van der Waals surface area contributed by atoms with Crippen molar-refractivity contribution in [3.63, 3.8) is 0 Å². The van der Waals surface area contributed by atoms with Crippen molar-refractivity contribution in [1.82, 2.24) is 10.6 Å². The van der Waals surface area contributed by atoms with Gasteiger partial charge in [0.25, 0.3) is 0 Å². The lowest BCUT2D eigenvalue weighted by Crippen LogP contribution is -2.24. The smallest absolute Gasteiger partial charge is 0.0714 e. The molecule has 0 aromatic carbocycles. The fourth-order valence-corrected chi connectivity index (χ4v) is 1.65. The zero-order chi connectivity index (χ0) is 11.1. The summed E-state index contributed by atoms with van der Waals surface area (Å²) in [6.07, 6.45) is 5.57. The highest BCUT2D eigenvalue weighted by molar-refractivity contribution is 5.78. The average Bonchev–Trinajstić information content (AvgIpc) is 2.41. The Morgan fingerprint density at radius 3 is 2.93 bits per heavy atom. The van der Waals surface area contributed by atoms with Crippen LogP contribution >= 0.6 is 0 Å². The average molecular weight is 209 g/mol. The quantitative estimate of drug-likeness (QED) is 0.694. The van der Waals surface area contributed by atoms with Crippen molar-refractivity contribution in [2.75, 3.05) is 20.1 Å². The standard InChI is InChI=1S/C12H23N3/c1-10(2)8-15-11-6-4-5-7-14-12(11)9-13-3/h9-10,14-15H,4-8H2,1-3H3/b13-9-. The van der Waals surface area contributed by atoms with Crippen molar-refractivity contribution in [3.8, 4) is 0 Å². The molecule has 0 saturated heterocycles. The maximum absolute atomic E-state index is 4.09. The minimum atomic E-state index is 0.681. The summed E-state index contributed by atoms with van der Waals surface area (Å²) in [4.78, 5) is 4.09. The molecule has 1 rings (SSSR count). The van der Waals surface area contributed by atoms with Crippen LogP contribution in [0.5, 0.6) is 0 Å². The van der Waals surface area contributed by atoms with E-state index in [-0.39, 0.29) is 0 Å². The van der Waals surface area contributed by atoms with Gasteiger partial charge in [0.2, 0.25) is 0 Å². The van der Waals surface area contributed by atoms with E-state index in [9.17, 15) is 0 Å². The number of rotatable bonds is 4. The summed E-state index contributed by atoms with van der Waals surface area (Å²) in [6.45, 7) is 6.56. The lowest BCUT2D eigenvalue weighted by atomic mass is 10.1. The van der Waals surface area contributed by atoms with Crippen LogP contribution in [0.4, 0.5) is 0 Å². The van der Waals surface area contributed by atoms with Crippen LogP contribution in [0.1, 0.15) is 33.1 Å². The zero-order valence-corrected chi connectivity index (χ0v) is 10.1. The third-order valence-electron chi connectivity index (χ3n) is 2.48. The Balaban J connectivity index is 2.64. The topological polar surface area (TPSA) is 36.4 Å². The first kappa shape index (κ1) is 12.1. The highest BCUT2D eigenvalue weighted by Crippen LogP contribution is 2.11. The molecule has 86 valence electrons. The number of allylic oxidation sites excluding steroid dienone is 2. The summed E-state index contributed by atoms with van der Waals surface area (Å²) in [7, 11) is 1.82. The van der Waals surface area contributed by atoms with Crippen LogP contribution < -0.4 is 10.6 Å². The van der Waals surface area contributed by atoms with Gasteiger partial charge in [-0.1, -0.05) is 13.8 Å². The monoisotopic (exact) mass is 209 g/mol. The Hall–Kier alpha value is -0.990. The summed E-state index contributed by atoms with van der Waals surface area (Å²) in [5.41, 5.74) is 2.50. The van der Waals surface area contributed by atoms with Crippen molar-refractivity contribution < 1.29 is 0 Å².